The Morgan fingerprint density at radius 2 is 2.00 bits per heavy atom. The second-order valence-corrected chi connectivity index (χ2v) is 1.92. The molecule has 0 heterocycles. The quantitative estimate of drug-likeness (QED) is 0.472. The molecule has 0 aliphatic carbocycles. The maximum Gasteiger partial charge on any atom is 0.291 e. The van der Waals surface area contributed by atoms with Gasteiger partial charge in [0.2, 0.25) is 0 Å². The van der Waals surface area contributed by atoms with Crippen LogP contribution in [0.25, 0.3) is 6.08 Å². The summed E-state index contributed by atoms with van der Waals surface area (Å²) in [6, 6.07) is 9.63. The molecule has 54 valence electrons. The molecule has 0 aliphatic heterocycles. The molecule has 0 aliphatic rings. The first-order valence-corrected chi connectivity index (χ1v) is 3.20. The summed E-state index contributed by atoms with van der Waals surface area (Å²) in [5, 5.41) is 8.02. The summed E-state index contributed by atoms with van der Waals surface area (Å²) < 4.78 is 4.36. The molecule has 2 nitrogen and oxygen atoms in total. The Kier molecular flexibility index (Phi) is 2.76. The van der Waals surface area contributed by atoms with Crippen molar-refractivity contribution < 1.29 is 4.74 Å². The van der Waals surface area contributed by atoms with E-state index in [1.54, 1.807) is 12.3 Å². The van der Waals surface area contributed by atoms with E-state index in [2.05, 4.69) is 4.74 Å². The summed E-state index contributed by atoms with van der Waals surface area (Å²) in [5.41, 5.74) is 1.02. The molecular formula is C9H7NO. The maximum atomic E-state index is 8.02. The average molecular weight is 145 g/mol. The van der Waals surface area contributed by atoms with Crippen molar-refractivity contribution in [2.45, 2.75) is 0 Å². The van der Waals surface area contributed by atoms with Gasteiger partial charge >= 0.3 is 0 Å². The van der Waals surface area contributed by atoms with Gasteiger partial charge in [-0.1, -0.05) is 30.3 Å². The van der Waals surface area contributed by atoms with Crippen molar-refractivity contribution >= 4 is 6.08 Å². The lowest BCUT2D eigenvalue weighted by Crippen LogP contribution is -1.69. The third-order valence-corrected chi connectivity index (χ3v) is 1.18. The molecule has 2 heteroatoms. The Morgan fingerprint density at radius 3 is 2.64 bits per heavy atom. The van der Waals surface area contributed by atoms with Crippen LogP contribution in [0.2, 0.25) is 0 Å². The minimum Gasteiger partial charge on any atom is -0.396 e. The van der Waals surface area contributed by atoms with Crippen LogP contribution in [0.4, 0.5) is 0 Å². The molecule has 1 rings (SSSR count). The van der Waals surface area contributed by atoms with E-state index in [1.807, 2.05) is 30.3 Å². The Bertz CT molecular complexity index is 271. The van der Waals surface area contributed by atoms with Gasteiger partial charge in [-0.25, -0.2) is 0 Å². The predicted molar refractivity (Wildman–Crippen MR) is 42.2 cm³/mol. The van der Waals surface area contributed by atoms with Crippen LogP contribution in [-0.4, -0.2) is 0 Å². The molecule has 0 fully saturated rings. The summed E-state index contributed by atoms with van der Waals surface area (Å²) in [6.45, 7) is 0. The molecule has 0 atom stereocenters. The maximum absolute atomic E-state index is 8.02. The molecule has 0 spiro atoms. The highest BCUT2D eigenvalue weighted by atomic mass is 16.5. The van der Waals surface area contributed by atoms with E-state index >= 15 is 0 Å². The van der Waals surface area contributed by atoms with Crippen LogP contribution in [0, 0.1) is 11.5 Å². The second kappa shape index (κ2) is 4.13. The first-order chi connectivity index (χ1) is 5.43. The van der Waals surface area contributed by atoms with E-state index in [1.165, 1.54) is 6.26 Å². The van der Waals surface area contributed by atoms with Gasteiger partial charge in [-0.2, -0.15) is 0 Å². The van der Waals surface area contributed by atoms with Gasteiger partial charge < -0.3 is 4.74 Å². The van der Waals surface area contributed by atoms with Crippen LogP contribution in [-0.2, 0) is 4.74 Å². The standard InChI is InChI=1S/C9H7NO/c10-8-11-7-6-9-4-2-1-3-5-9/h1-7H. The largest absolute Gasteiger partial charge is 0.396 e. The van der Waals surface area contributed by atoms with Crippen LogP contribution >= 0.6 is 0 Å². The summed E-state index contributed by atoms with van der Waals surface area (Å²) in [6.07, 6.45) is 4.63. The minimum absolute atomic E-state index is 1.02. The number of benzene rings is 1. The lowest BCUT2D eigenvalue weighted by molar-refractivity contribution is 0.432. The molecule has 1 aromatic carbocycles. The fraction of sp³-hybridized carbons (Fsp3) is 0. The summed E-state index contributed by atoms with van der Waals surface area (Å²) >= 11 is 0. The normalized spacial score (nSPS) is 9.36. The van der Waals surface area contributed by atoms with Crippen molar-refractivity contribution in [3.05, 3.63) is 42.2 Å². The van der Waals surface area contributed by atoms with E-state index in [0.717, 1.165) is 5.56 Å². The Hall–Kier alpha value is -1.75. The van der Waals surface area contributed by atoms with Crippen molar-refractivity contribution in [2.24, 2.45) is 0 Å². The van der Waals surface area contributed by atoms with Crippen LogP contribution in [0.3, 0.4) is 0 Å². The zero-order valence-corrected chi connectivity index (χ0v) is 5.90. The SMILES string of the molecule is N#COC=Cc1ccccc1. The minimum atomic E-state index is 1.02. The van der Waals surface area contributed by atoms with Crippen LogP contribution in [0.5, 0.6) is 0 Å². The number of ether oxygens (including phenoxy) is 1. The van der Waals surface area contributed by atoms with Gasteiger partial charge in [-0.05, 0) is 11.6 Å². The highest BCUT2D eigenvalue weighted by molar-refractivity contribution is 5.47. The molecule has 11 heavy (non-hydrogen) atoms. The van der Waals surface area contributed by atoms with Crippen LogP contribution in [0.1, 0.15) is 5.56 Å². The number of hydrogen-bond donors (Lipinski definition) is 0. The van der Waals surface area contributed by atoms with Crippen LogP contribution in [0.15, 0.2) is 36.6 Å². The fourth-order valence-corrected chi connectivity index (χ4v) is 0.707. The van der Waals surface area contributed by atoms with E-state index < -0.39 is 0 Å². The molecule has 0 unspecified atom stereocenters. The zero-order valence-electron chi connectivity index (χ0n) is 5.90. The topological polar surface area (TPSA) is 33.0 Å². The molecule has 1 aromatic rings. The lowest BCUT2D eigenvalue weighted by Gasteiger charge is -1.88. The number of nitriles is 1. The van der Waals surface area contributed by atoms with Gasteiger partial charge in [0.1, 0.15) is 6.26 Å². The van der Waals surface area contributed by atoms with Gasteiger partial charge in [-0.15, -0.1) is 5.26 Å². The third kappa shape index (κ3) is 2.55. The predicted octanol–water partition coefficient (Wildman–Crippen LogP) is 2.15. The summed E-state index contributed by atoms with van der Waals surface area (Å²) in [7, 11) is 0. The average Bonchev–Trinajstić information content (AvgIpc) is 2.07. The molecular weight excluding hydrogens is 138 g/mol. The van der Waals surface area contributed by atoms with Crippen molar-refractivity contribution in [3.63, 3.8) is 0 Å². The molecule has 0 N–H and O–H groups in total. The zero-order chi connectivity index (χ0) is 7.94. The summed E-state index contributed by atoms with van der Waals surface area (Å²) in [5.74, 6) is 0. The smallest absolute Gasteiger partial charge is 0.291 e. The fourth-order valence-electron chi connectivity index (χ4n) is 0.707. The second-order valence-electron chi connectivity index (χ2n) is 1.92. The highest BCUT2D eigenvalue weighted by Gasteiger charge is 1.80. The van der Waals surface area contributed by atoms with Crippen molar-refractivity contribution in [1.29, 1.82) is 5.26 Å². The molecule has 0 amide bonds. The molecule has 0 radical (unpaired) electrons. The lowest BCUT2D eigenvalue weighted by atomic mass is 10.2. The van der Waals surface area contributed by atoms with Crippen LogP contribution < -0.4 is 0 Å². The number of hydrogen-bond acceptors (Lipinski definition) is 2. The first-order valence-electron chi connectivity index (χ1n) is 3.20. The van der Waals surface area contributed by atoms with Gasteiger partial charge in [0.15, 0.2) is 0 Å². The van der Waals surface area contributed by atoms with Gasteiger partial charge in [0, 0.05) is 0 Å². The van der Waals surface area contributed by atoms with E-state index in [9.17, 15) is 0 Å². The Morgan fingerprint density at radius 1 is 1.27 bits per heavy atom. The van der Waals surface area contributed by atoms with Crippen molar-refractivity contribution in [1.82, 2.24) is 0 Å². The molecule has 0 bridgehead atoms. The summed E-state index contributed by atoms with van der Waals surface area (Å²) in [4.78, 5) is 0. The molecule has 0 saturated heterocycles. The van der Waals surface area contributed by atoms with Gasteiger partial charge in [0.05, 0.1) is 0 Å². The monoisotopic (exact) mass is 145 g/mol. The van der Waals surface area contributed by atoms with E-state index in [0.29, 0.717) is 0 Å². The molecule has 0 saturated carbocycles. The Labute approximate surface area is 65.3 Å². The molecule has 0 aromatic heterocycles. The number of nitrogens with zero attached hydrogens (tertiary/aromatic N) is 1. The van der Waals surface area contributed by atoms with Gasteiger partial charge in [-0.3, -0.25) is 0 Å². The third-order valence-electron chi connectivity index (χ3n) is 1.18. The van der Waals surface area contributed by atoms with Gasteiger partial charge in [0.25, 0.3) is 6.26 Å². The first kappa shape index (κ1) is 7.36. The van der Waals surface area contributed by atoms with E-state index in [-0.39, 0.29) is 0 Å². The number of rotatable bonds is 2. The highest BCUT2D eigenvalue weighted by Crippen LogP contribution is 2.00. The Balaban J connectivity index is 2.59. The van der Waals surface area contributed by atoms with Crippen molar-refractivity contribution in [2.75, 3.05) is 0 Å². The van der Waals surface area contributed by atoms with E-state index in [4.69, 9.17) is 5.26 Å². The van der Waals surface area contributed by atoms with Crippen molar-refractivity contribution in [3.8, 4) is 6.26 Å².